The molecule has 0 atom stereocenters. The van der Waals surface area contributed by atoms with Gasteiger partial charge in [0.05, 0.1) is 29.4 Å². The Labute approximate surface area is 281 Å². The molecule has 1 amide bonds. The highest BCUT2D eigenvalue weighted by Gasteiger charge is 2.28. The SMILES string of the molecule is COc1cc2c(cc1-c1c(C)noc1C)[nH]c1nc(C)nc(-c3cc(C(=O)NC4CCN(C5CCOCC5)CC4)cc(C(C)(C)C)c3)c12. The molecule has 2 saturated heterocycles. The van der Waals surface area contributed by atoms with Crippen molar-refractivity contribution in [2.24, 2.45) is 0 Å². The number of nitrogens with zero attached hydrogens (tertiary/aromatic N) is 4. The van der Waals surface area contributed by atoms with Gasteiger partial charge < -0.3 is 29.2 Å². The number of hydrogen-bond acceptors (Lipinski definition) is 8. The van der Waals surface area contributed by atoms with Crippen molar-refractivity contribution in [3.8, 4) is 28.1 Å². The van der Waals surface area contributed by atoms with Crippen LogP contribution in [0.1, 0.15) is 79.7 Å². The molecule has 10 nitrogen and oxygen atoms in total. The third-order valence-corrected chi connectivity index (χ3v) is 10.1. The molecule has 0 radical (unpaired) electrons. The molecule has 2 aromatic carbocycles. The lowest BCUT2D eigenvalue weighted by molar-refractivity contribution is 0.0238. The number of carbonyl (C=O) groups excluding carboxylic acids is 1. The Bertz CT molecular complexity index is 1970. The molecular formula is C38H46N6O4. The van der Waals surface area contributed by atoms with Gasteiger partial charge in [-0.05, 0) is 87.8 Å². The number of fused-ring (bicyclic) bond motifs is 3. The first-order valence-corrected chi connectivity index (χ1v) is 17.1. The maximum Gasteiger partial charge on any atom is 0.251 e. The zero-order valence-electron chi connectivity index (χ0n) is 29.1. The molecule has 2 aliphatic heterocycles. The fraction of sp³-hybridized carbons (Fsp3) is 0.474. The summed E-state index contributed by atoms with van der Waals surface area (Å²) in [5.74, 6) is 2.03. The molecule has 0 bridgehead atoms. The quantitative estimate of drug-likeness (QED) is 0.201. The summed E-state index contributed by atoms with van der Waals surface area (Å²) in [7, 11) is 1.67. The zero-order chi connectivity index (χ0) is 33.7. The van der Waals surface area contributed by atoms with E-state index in [1.165, 1.54) is 0 Å². The van der Waals surface area contributed by atoms with Gasteiger partial charge in [-0.1, -0.05) is 25.9 Å². The number of aromatic amines is 1. The van der Waals surface area contributed by atoms with E-state index in [1.54, 1.807) is 7.11 Å². The minimum Gasteiger partial charge on any atom is -0.496 e. The van der Waals surface area contributed by atoms with Crippen LogP contribution in [0.25, 0.3) is 44.3 Å². The largest absolute Gasteiger partial charge is 0.496 e. The van der Waals surface area contributed by atoms with Gasteiger partial charge >= 0.3 is 0 Å². The number of ether oxygens (including phenoxy) is 2. The van der Waals surface area contributed by atoms with Crippen LogP contribution in [0.2, 0.25) is 0 Å². The highest BCUT2D eigenvalue weighted by molar-refractivity contribution is 6.14. The normalized spacial score (nSPS) is 17.0. The summed E-state index contributed by atoms with van der Waals surface area (Å²) in [4.78, 5) is 29.8. The molecule has 0 saturated carbocycles. The van der Waals surface area contributed by atoms with Crippen LogP contribution in [-0.2, 0) is 10.2 Å². The van der Waals surface area contributed by atoms with E-state index in [0.717, 1.165) is 113 Å². The first-order valence-electron chi connectivity index (χ1n) is 17.1. The summed E-state index contributed by atoms with van der Waals surface area (Å²) >= 11 is 0. The molecule has 3 aromatic heterocycles. The summed E-state index contributed by atoms with van der Waals surface area (Å²) < 4.78 is 17.0. The van der Waals surface area contributed by atoms with Crippen molar-refractivity contribution in [3.63, 3.8) is 0 Å². The Morgan fingerprint density at radius 3 is 2.42 bits per heavy atom. The number of rotatable bonds is 6. The van der Waals surface area contributed by atoms with Crippen LogP contribution >= 0.6 is 0 Å². The van der Waals surface area contributed by atoms with Crippen molar-refractivity contribution in [2.45, 2.75) is 84.7 Å². The van der Waals surface area contributed by atoms with Gasteiger partial charge in [-0.15, -0.1) is 0 Å². The van der Waals surface area contributed by atoms with Crippen molar-refractivity contribution >= 4 is 27.8 Å². The van der Waals surface area contributed by atoms with Crippen LogP contribution in [0.5, 0.6) is 5.75 Å². The predicted molar refractivity (Wildman–Crippen MR) is 188 cm³/mol. The topological polar surface area (TPSA) is 118 Å². The van der Waals surface area contributed by atoms with E-state index in [-0.39, 0.29) is 17.4 Å². The van der Waals surface area contributed by atoms with Crippen molar-refractivity contribution < 1.29 is 18.8 Å². The van der Waals surface area contributed by atoms with Crippen LogP contribution < -0.4 is 10.1 Å². The third-order valence-electron chi connectivity index (χ3n) is 10.1. The molecule has 10 heteroatoms. The van der Waals surface area contributed by atoms with Crippen molar-refractivity contribution in [3.05, 3.63) is 58.7 Å². The first-order chi connectivity index (χ1) is 23.0. The molecule has 2 N–H and O–H groups in total. The van der Waals surface area contributed by atoms with E-state index in [4.69, 9.17) is 24.0 Å². The smallest absolute Gasteiger partial charge is 0.251 e. The molecule has 2 fully saturated rings. The molecule has 0 aliphatic carbocycles. The number of aromatic nitrogens is 4. The Hall–Kier alpha value is -4.28. The van der Waals surface area contributed by atoms with E-state index in [2.05, 4.69) is 53.3 Å². The summed E-state index contributed by atoms with van der Waals surface area (Å²) in [5, 5.41) is 9.36. The van der Waals surface area contributed by atoms with E-state index in [0.29, 0.717) is 23.2 Å². The average molecular weight is 651 g/mol. The van der Waals surface area contributed by atoms with Crippen LogP contribution in [0.15, 0.2) is 34.9 Å². The second kappa shape index (κ2) is 12.6. The number of carbonyl (C=O) groups is 1. The second-order valence-electron chi connectivity index (χ2n) is 14.4. The standard InChI is InChI=1S/C38H46N6O4/c1-21-33(22(2)48-43-21)30-19-31-29(20-32(30)46-7)34-35(39-23(3)40-36(34)42-31)24-16-25(18-26(17-24)38(4,5)6)37(45)41-27-8-12-44(13-9-27)28-10-14-47-15-11-28/h16-20,27-28H,8-15H2,1-7H3,(H,41,45)(H,39,40,42). The van der Waals surface area contributed by atoms with Gasteiger partial charge in [0.25, 0.3) is 5.91 Å². The van der Waals surface area contributed by atoms with Gasteiger partial charge in [-0.3, -0.25) is 4.79 Å². The van der Waals surface area contributed by atoms with E-state index >= 15 is 0 Å². The first kappa shape index (κ1) is 32.3. The summed E-state index contributed by atoms with van der Waals surface area (Å²) in [6.07, 6.45) is 4.10. The zero-order valence-corrected chi connectivity index (χ0v) is 29.1. The van der Waals surface area contributed by atoms with Gasteiger partial charge in [-0.25, -0.2) is 9.97 Å². The lowest BCUT2D eigenvalue weighted by Gasteiger charge is -2.39. The number of hydrogen-bond donors (Lipinski definition) is 2. The molecule has 0 unspecified atom stereocenters. The van der Waals surface area contributed by atoms with Gasteiger partial charge in [0.15, 0.2) is 0 Å². The van der Waals surface area contributed by atoms with E-state index < -0.39 is 0 Å². The van der Waals surface area contributed by atoms with Crippen LogP contribution in [0.4, 0.5) is 0 Å². The van der Waals surface area contributed by atoms with Crippen LogP contribution in [0, 0.1) is 20.8 Å². The Balaban J connectivity index is 1.27. The Morgan fingerprint density at radius 2 is 1.75 bits per heavy atom. The number of amides is 1. The van der Waals surface area contributed by atoms with Gasteiger partial charge in [-0.2, -0.15) is 0 Å². The summed E-state index contributed by atoms with van der Waals surface area (Å²) in [5.41, 5.74) is 7.43. The van der Waals surface area contributed by atoms with E-state index in [1.807, 2.05) is 39.0 Å². The van der Waals surface area contributed by atoms with Gasteiger partial charge in [0.1, 0.15) is 23.0 Å². The highest BCUT2D eigenvalue weighted by atomic mass is 16.5. The van der Waals surface area contributed by atoms with E-state index in [9.17, 15) is 4.79 Å². The molecule has 252 valence electrons. The lowest BCUT2D eigenvalue weighted by Crippen LogP contribution is -2.49. The van der Waals surface area contributed by atoms with Gasteiger partial charge in [0, 0.05) is 66.0 Å². The lowest BCUT2D eigenvalue weighted by atomic mass is 9.84. The average Bonchev–Trinajstić information content (AvgIpc) is 3.60. The number of benzene rings is 2. The number of H-pyrrole nitrogens is 1. The summed E-state index contributed by atoms with van der Waals surface area (Å²) in [6, 6.07) is 11.0. The van der Waals surface area contributed by atoms with Gasteiger partial charge in [0.2, 0.25) is 0 Å². The minimum absolute atomic E-state index is 0.0430. The number of piperidine rings is 1. The van der Waals surface area contributed by atoms with Crippen LogP contribution in [0.3, 0.4) is 0 Å². The number of aryl methyl sites for hydroxylation is 3. The van der Waals surface area contributed by atoms with Crippen molar-refractivity contribution in [1.82, 2.24) is 30.3 Å². The molecular weight excluding hydrogens is 604 g/mol. The molecule has 7 rings (SSSR count). The third kappa shape index (κ3) is 6.07. The van der Waals surface area contributed by atoms with Crippen LogP contribution in [-0.4, -0.2) is 76.4 Å². The van der Waals surface area contributed by atoms with Crippen molar-refractivity contribution in [2.75, 3.05) is 33.4 Å². The number of likely N-dealkylation sites (tertiary alicyclic amines) is 1. The Kier molecular flexibility index (Phi) is 8.49. The molecule has 2 aliphatic rings. The van der Waals surface area contributed by atoms with Crippen molar-refractivity contribution in [1.29, 1.82) is 0 Å². The maximum atomic E-state index is 13.9. The number of nitrogens with one attached hydrogen (secondary N) is 2. The molecule has 0 spiro atoms. The molecule has 48 heavy (non-hydrogen) atoms. The number of methoxy groups -OCH3 is 1. The monoisotopic (exact) mass is 650 g/mol. The second-order valence-corrected chi connectivity index (χ2v) is 14.4. The minimum atomic E-state index is -0.187. The molecule has 5 heterocycles. The summed E-state index contributed by atoms with van der Waals surface area (Å²) in [6.45, 7) is 16.0. The Morgan fingerprint density at radius 1 is 1.00 bits per heavy atom. The molecule has 5 aromatic rings. The maximum absolute atomic E-state index is 13.9. The highest BCUT2D eigenvalue weighted by Crippen LogP contribution is 2.42. The fourth-order valence-corrected chi connectivity index (χ4v) is 7.43. The predicted octanol–water partition coefficient (Wildman–Crippen LogP) is 7.04. The fourth-order valence-electron chi connectivity index (χ4n) is 7.43.